The molecule has 3 heteroatoms. The van der Waals surface area contributed by atoms with Crippen molar-refractivity contribution >= 4 is 0 Å². The normalized spacial score (nSPS) is 14.7. The highest BCUT2D eigenvalue weighted by molar-refractivity contribution is 5.14. The molecule has 0 radical (unpaired) electrons. The summed E-state index contributed by atoms with van der Waals surface area (Å²) in [4.78, 5) is 6.81. The lowest BCUT2D eigenvalue weighted by atomic mass is 10.2. The van der Waals surface area contributed by atoms with Gasteiger partial charge in [-0.15, -0.1) is 6.42 Å². The molecule has 3 nitrogen and oxygen atoms in total. The second-order valence-corrected chi connectivity index (χ2v) is 5.01. The van der Waals surface area contributed by atoms with E-state index >= 15 is 0 Å². The summed E-state index contributed by atoms with van der Waals surface area (Å²) in [6, 6.07) is 4.23. The summed E-state index contributed by atoms with van der Waals surface area (Å²) in [5.41, 5.74) is 2.32. The van der Waals surface area contributed by atoms with Crippen molar-refractivity contribution in [1.29, 1.82) is 0 Å². The fraction of sp³-hybridized carbons (Fsp3) is 0.533. The summed E-state index contributed by atoms with van der Waals surface area (Å²) in [7, 11) is 1.94. The summed E-state index contributed by atoms with van der Waals surface area (Å²) >= 11 is 0. The number of nitrogens with zero attached hydrogens (tertiary/aromatic N) is 2. The second kappa shape index (κ2) is 6.53. The lowest BCUT2D eigenvalue weighted by molar-refractivity contribution is 0.283. The molecule has 1 aliphatic rings. The van der Waals surface area contributed by atoms with Crippen LogP contribution in [0.5, 0.6) is 0 Å². The number of hydrogen-bond donors (Lipinski definition) is 1. The molecule has 96 valence electrons. The van der Waals surface area contributed by atoms with Gasteiger partial charge < -0.3 is 5.32 Å². The zero-order chi connectivity index (χ0) is 12.8. The third-order valence-electron chi connectivity index (χ3n) is 3.18. The van der Waals surface area contributed by atoms with Crippen LogP contribution in [0.25, 0.3) is 0 Å². The van der Waals surface area contributed by atoms with Gasteiger partial charge in [0.15, 0.2) is 0 Å². The van der Waals surface area contributed by atoms with Crippen LogP contribution in [0.1, 0.15) is 24.1 Å². The van der Waals surface area contributed by atoms with Crippen LogP contribution >= 0.6 is 0 Å². The van der Waals surface area contributed by atoms with Gasteiger partial charge in [-0.25, -0.2) is 0 Å². The molecule has 1 aliphatic carbocycles. The number of terminal acetylenes is 1. The first-order valence-electron chi connectivity index (χ1n) is 6.56. The van der Waals surface area contributed by atoms with Crippen molar-refractivity contribution in [2.24, 2.45) is 5.92 Å². The Labute approximate surface area is 110 Å². The number of hydrogen-bond acceptors (Lipinski definition) is 3. The van der Waals surface area contributed by atoms with E-state index in [4.69, 9.17) is 6.42 Å². The van der Waals surface area contributed by atoms with Crippen molar-refractivity contribution in [3.05, 3.63) is 29.6 Å². The molecule has 0 spiro atoms. The maximum atomic E-state index is 5.42. The van der Waals surface area contributed by atoms with E-state index in [0.29, 0.717) is 0 Å². The standard InChI is InChI=1S/C15H21N3/c1-3-8-18(11-13-4-5-13)12-15-7-6-14(9-16-2)10-17-15/h1,6-7,10,13,16H,4-5,8-9,11-12H2,2H3. The van der Waals surface area contributed by atoms with Crippen LogP contribution in [0.4, 0.5) is 0 Å². The molecule has 0 atom stereocenters. The maximum Gasteiger partial charge on any atom is 0.0602 e. The molecular weight excluding hydrogens is 222 g/mol. The summed E-state index contributed by atoms with van der Waals surface area (Å²) in [5, 5.41) is 3.12. The van der Waals surface area contributed by atoms with Gasteiger partial charge >= 0.3 is 0 Å². The summed E-state index contributed by atoms with van der Waals surface area (Å²) < 4.78 is 0. The third-order valence-corrected chi connectivity index (χ3v) is 3.18. The van der Waals surface area contributed by atoms with Crippen LogP contribution in [-0.2, 0) is 13.1 Å². The van der Waals surface area contributed by atoms with Crippen molar-refractivity contribution in [3.8, 4) is 12.3 Å². The highest BCUT2D eigenvalue weighted by Gasteiger charge is 2.24. The Balaban J connectivity index is 1.90. The third kappa shape index (κ3) is 4.14. The van der Waals surface area contributed by atoms with Crippen LogP contribution in [0.2, 0.25) is 0 Å². The molecule has 0 bridgehead atoms. The van der Waals surface area contributed by atoms with Crippen LogP contribution < -0.4 is 5.32 Å². The molecule has 1 fully saturated rings. The Morgan fingerprint density at radius 1 is 1.50 bits per heavy atom. The van der Waals surface area contributed by atoms with Gasteiger partial charge in [0.05, 0.1) is 12.2 Å². The van der Waals surface area contributed by atoms with E-state index in [1.54, 1.807) is 0 Å². The van der Waals surface area contributed by atoms with E-state index < -0.39 is 0 Å². The molecule has 1 heterocycles. The highest BCUT2D eigenvalue weighted by Crippen LogP contribution is 2.29. The lowest BCUT2D eigenvalue weighted by Crippen LogP contribution is -2.26. The van der Waals surface area contributed by atoms with E-state index in [9.17, 15) is 0 Å². The van der Waals surface area contributed by atoms with Gasteiger partial charge in [0.25, 0.3) is 0 Å². The van der Waals surface area contributed by atoms with Gasteiger partial charge in [-0.1, -0.05) is 12.0 Å². The van der Waals surface area contributed by atoms with E-state index in [0.717, 1.165) is 37.8 Å². The number of nitrogens with one attached hydrogen (secondary N) is 1. The molecule has 18 heavy (non-hydrogen) atoms. The van der Waals surface area contributed by atoms with Crippen LogP contribution in [-0.4, -0.2) is 30.0 Å². The number of rotatable bonds is 7. The Morgan fingerprint density at radius 2 is 2.33 bits per heavy atom. The number of pyridine rings is 1. The van der Waals surface area contributed by atoms with Gasteiger partial charge in [-0.3, -0.25) is 9.88 Å². The van der Waals surface area contributed by atoms with Crippen molar-refractivity contribution in [3.63, 3.8) is 0 Å². The fourth-order valence-electron chi connectivity index (χ4n) is 2.07. The Morgan fingerprint density at radius 3 is 2.89 bits per heavy atom. The fourth-order valence-corrected chi connectivity index (χ4v) is 2.07. The zero-order valence-corrected chi connectivity index (χ0v) is 11.0. The average molecular weight is 243 g/mol. The Kier molecular flexibility index (Phi) is 4.74. The predicted molar refractivity (Wildman–Crippen MR) is 73.8 cm³/mol. The molecule has 2 rings (SSSR count). The molecule has 0 aliphatic heterocycles. The van der Waals surface area contributed by atoms with Gasteiger partial charge in [0.1, 0.15) is 0 Å². The van der Waals surface area contributed by atoms with Gasteiger partial charge in [0, 0.05) is 25.8 Å². The first-order valence-corrected chi connectivity index (χ1v) is 6.56. The van der Waals surface area contributed by atoms with E-state index in [-0.39, 0.29) is 0 Å². The number of aromatic nitrogens is 1. The quantitative estimate of drug-likeness (QED) is 0.738. The molecule has 0 amide bonds. The summed E-state index contributed by atoms with van der Waals surface area (Å²) in [6.45, 7) is 3.56. The lowest BCUT2D eigenvalue weighted by Gasteiger charge is -2.19. The average Bonchev–Trinajstić information content (AvgIpc) is 3.16. The summed E-state index contributed by atoms with van der Waals surface area (Å²) in [5.74, 6) is 3.60. The minimum Gasteiger partial charge on any atom is -0.316 e. The van der Waals surface area contributed by atoms with Crippen molar-refractivity contribution in [2.75, 3.05) is 20.1 Å². The highest BCUT2D eigenvalue weighted by atomic mass is 15.1. The zero-order valence-electron chi connectivity index (χ0n) is 11.0. The van der Waals surface area contributed by atoms with E-state index in [1.807, 2.05) is 13.2 Å². The molecule has 0 unspecified atom stereocenters. The Bertz CT molecular complexity index is 401. The monoisotopic (exact) mass is 243 g/mol. The molecular formula is C15H21N3. The van der Waals surface area contributed by atoms with Crippen LogP contribution in [0.3, 0.4) is 0 Å². The van der Waals surface area contributed by atoms with Crippen molar-refractivity contribution in [2.45, 2.75) is 25.9 Å². The minimum atomic E-state index is 0.719. The van der Waals surface area contributed by atoms with E-state index in [2.05, 4.69) is 33.3 Å². The molecule has 0 saturated heterocycles. The SMILES string of the molecule is C#CCN(Cc1ccc(CNC)cn1)CC1CC1. The molecule has 1 N–H and O–H groups in total. The largest absolute Gasteiger partial charge is 0.316 e. The molecule has 1 saturated carbocycles. The first kappa shape index (κ1) is 13.1. The van der Waals surface area contributed by atoms with Crippen molar-refractivity contribution in [1.82, 2.24) is 15.2 Å². The van der Waals surface area contributed by atoms with Crippen molar-refractivity contribution < 1.29 is 0 Å². The summed E-state index contributed by atoms with van der Waals surface area (Å²) in [6.07, 6.45) is 10.1. The maximum absolute atomic E-state index is 5.42. The Hall–Kier alpha value is -1.37. The minimum absolute atomic E-state index is 0.719. The van der Waals surface area contributed by atoms with Crippen LogP contribution in [0.15, 0.2) is 18.3 Å². The second-order valence-electron chi connectivity index (χ2n) is 5.01. The van der Waals surface area contributed by atoms with Crippen LogP contribution in [0, 0.1) is 18.3 Å². The first-order chi connectivity index (χ1) is 8.81. The van der Waals surface area contributed by atoms with Gasteiger partial charge in [-0.2, -0.15) is 0 Å². The smallest absolute Gasteiger partial charge is 0.0602 e. The molecule has 1 aromatic heterocycles. The van der Waals surface area contributed by atoms with Gasteiger partial charge in [0.2, 0.25) is 0 Å². The predicted octanol–water partition coefficient (Wildman–Crippen LogP) is 1.65. The van der Waals surface area contributed by atoms with E-state index in [1.165, 1.54) is 18.4 Å². The molecule has 0 aromatic carbocycles. The molecule has 1 aromatic rings. The van der Waals surface area contributed by atoms with Gasteiger partial charge in [-0.05, 0) is 37.4 Å². The topological polar surface area (TPSA) is 28.2 Å².